The van der Waals surface area contributed by atoms with E-state index in [0.717, 1.165) is 25.9 Å². The van der Waals surface area contributed by atoms with Gasteiger partial charge in [0.25, 0.3) is 5.56 Å². The maximum absolute atomic E-state index is 11.9. The van der Waals surface area contributed by atoms with Gasteiger partial charge in [-0.2, -0.15) is 0 Å². The minimum Gasteiger partial charge on any atom is -0.352 e. The SMILES string of the molecule is CNC1CCN(c2nccn(C)c2=O)CC1. The summed E-state index contributed by atoms with van der Waals surface area (Å²) in [6, 6.07) is 0.573. The Morgan fingerprint density at radius 3 is 2.75 bits per heavy atom. The summed E-state index contributed by atoms with van der Waals surface area (Å²) < 4.78 is 1.58. The molecule has 1 aliphatic heterocycles. The largest absolute Gasteiger partial charge is 0.352 e. The molecule has 0 aromatic carbocycles. The first-order chi connectivity index (χ1) is 7.72. The first-order valence-electron chi connectivity index (χ1n) is 5.66. The summed E-state index contributed by atoms with van der Waals surface area (Å²) >= 11 is 0. The summed E-state index contributed by atoms with van der Waals surface area (Å²) in [6.07, 6.45) is 5.50. The van der Waals surface area contributed by atoms with E-state index in [0.29, 0.717) is 11.9 Å². The van der Waals surface area contributed by atoms with Crippen LogP contribution >= 0.6 is 0 Å². The average molecular weight is 222 g/mol. The molecule has 0 atom stereocenters. The summed E-state index contributed by atoms with van der Waals surface area (Å²) in [6.45, 7) is 1.80. The summed E-state index contributed by atoms with van der Waals surface area (Å²) in [7, 11) is 3.74. The van der Waals surface area contributed by atoms with Gasteiger partial charge in [-0.25, -0.2) is 4.98 Å². The first kappa shape index (κ1) is 11.1. The van der Waals surface area contributed by atoms with E-state index in [2.05, 4.69) is 15.2 Å². The highest BCUT2D eigenvalue weighted by Gasteiger charge is 2.20. The molecule has 0 bridgehead atoms. The predicted molar refractivity (Wildman–Crippen MR) is 63.8 cm³/mol. The van der Waals surface area contributed by atoms with Crippen LogP contribution < -0.4 is 15.8 Å². The smallest absolute Gasteiger partial charge is 0.293 e. The Morgan fingerprint density at radius 1 is 1.44 bits per heavy atom. The van der Waals surface area contributed by atoms with Crippen LogP contribution in [0.5, 0.6) is 0 Å². The number of aromatic nitrogens is 2. The zero-order chi connectivity index (χ0) is 11.5. The Morgan fingerprint density at radius 2 is 2.12 bits per heavy atom. The van der Waals surface area contributed by atoms with Gasteiger partial charge < -0.3 is 14.8 Å². The van der Waals surface area contributed by atoms with Crippen molar-refractivity contribution in [3.8, 4) is 0 Å². The molecule has 16 heavy (non-hydrogen) atoms. The lowest BCUT2D eigenvalue weighted by molar-refractivity contribution is 0.439. The number of aryl methyl sites for hydroxylation is 1. The molecule has 1 aromatic rings. The Hall–Kier alpha value is -1.36. The second-order valence-corrected chi connectivity index (χ2v) is 4.22. The Kier molecular flexibility index (Phi) is 3.24. The lowest BCUT2D eigenvalue weighted by Gasteiger charge is -2.32. The first-order valence-corrected chi connectivity index (χ1v) is 5.66. The van der Waals surface area contributed by atoms with Crippen molar-refractivity contribution in [3.05, 3.63) is 22.7 Å². The number of piperidine rings is 1. The van der Waals surface area contributed by atoms with Gasteiger partial charge in [-0.3, -0.25) is 4.79 Å². The minimum absolute atomic E-state index is 0.00888. The fourth-order valence-electron chi connectivity index (χ4n) is 2.08. The number of rotatable bonds is 2. The molecular formula is C11H18N4O. The molecule has 88 valence electrons. The summed E-state index contributed by atoms with van der Waals surface area (Å²) in [5.74, 6) is 0.583. The van der Waals surface area contributed by atoms with Gasteiger partial charge in [0.05, 0.1) is 0 Å². The molecule has 2 rings (SSSR count). The standard InChI is InChI=1S/C11H18N4O/c1-12-9-3-6-15(7-4-9)10-11(16)14(2)8-5-13-10/h5,8-9,12H,3-4,6-7H2,1-2H3. The molecule has 1 aromatic heterocycles. The van der Waals surface area contributed by atoms with Crippen molar-refractivity contribution in [2.24, 2.45) is 7.05 Å². The highest BCUT2D eigenvalue weighted by Crippen LogP contribution is 2.13. The van der Waals surface area contributed by atoms with Crippen LogP contribution in [0.2, 0.25) is 0 Å². The van der Waals surface area contributed by atoms with Crippen molar-refractivity contribution in [1.82, 2.24) is 14.9 Å². The van der Waals surface area contributed by atoms with Crippen LogP contribution in [0.3, 0.4) is 0 Å². The molecule has 5 heteroatoms. The van der Waals surface area contributed by atoms with Crippen molar-refractivity contribution in [3.63, 3.8) is 0 Å². The Bertz CT molecular complexity index is 407. The van der Waals surface area contributed by atoms with Gasteiger partial charge in [0.15, 0.2) is 5.82 Å². The van der Waals surface area contributed by atoms with Crippen molar-refractivity contribution >= 4 is 5.82 Å². The number of nitrogens with zero attached hydrogens (tertiary/aromatic N) is 3. The zero-order valence-electron chi connectivity index (χ0n) is 9.81. The highest BCUT2D eigenvalue weighted by molar-refractivity contribution is 5.36. The molecule has 5 nitrogen and oxygen atoms in total. The normalized spacial score (nSPS) is 17.8. The van der Waals surface area contributed by atoms with Gasteiger partial charge in [-0.05, 0) is 19.9 Å². The van der Waals surface area contributed by atoms with Crippen molar-refractivity contribution in [2.75, 3.05) is 25.0 Å². The molecule has 0 amide bonds. The molecule has 1 aliphatic rings. The fraction of sp³-hybridized carbons (Fsp3) is 0.636. The molecule has 1 N–H and O–H groups in total. The summed E-state index contributed by atoms with van der Waals surface area (Å²) in [4.78, 5) is 18.1. The highest BCUT2D eigenvalue weighted by atomic mass is 16.1. The van der Waals surface area contributed by atoms with E-state index in [-0.39, 0.29) is 5.56 Å². The Balaban J connectivity index is 2.14. The lowest BCUT2D eigenvalue weighted by Crippen LogP contribution is -2.43. The topological polar surface area (TPSA) is 50.2 Å². The third-order valence-corrected chi connectivity index (χ3v) is 3.20. The van der Waals surface area contributed by atoms with Crippen LogP contribution in [0.4, 0.5) is 5.82 Å². The van der Waals surface area contributed by atoms with Gasteiger partial charge in [-0.1, -0.05) is 0 Å². The molecule has 0 spiro atoms. The monoisotopic (exact) mass is 222 g/mol. The number of hydrogen-bond donors (Lipinski definition) is 1. The van der Waals surface area contributed by atoms with Crippen molar-refractivity contribution < 1.29 is 0 Å². The maximum Gasteiger partial charge on any atom is 0.293 e. The zero-order valence-corrected chi connectivity index (χ0v) is 9.81. The van der Waals surface area contributed by atoms with Crippen LogP contribution in [0.25, 0.3) is 0 Å². The van der Waals surface area contributed by atoms with Crippen LogP contribution in [0.1, 0.15) is 12.8 Å². The predicted octanol–water partition coefficient (Wildman–Crippen LogP) is -0.0315. The van der Waals surface area contributed by atoms with Gasteiger partial charge in [0.1, 0.15) is 0 Å². The quantitative estimate of drug-likeness (QED) is 0.763. The van der Waals surface area contributed by atoms with Crippen molar-refractivity contribution in [1.29, 1.82) is 0 Å². The van der Waals surface area contributed by atoms with E-state index in [4.69, 9.17) is 0 Å². The van der Waals surface area contributed by atoms with Crippen LogP contribution in [0.15, 0.2) is 17.2 Å². The molecule has 1 saturated heterocycles. The second-order valence-electron chi connectivity index (χ2n) is 4.22. The van der Waals surface area contributed by atoms with E-state index in [1.807, 2.05) is 7.05 Å². The minimum atomic E-state index is -0.00888. The van der Waals surface area contributed by atoms with Crippen LogP contribution in [0, 0.1) is 0 Å². The van der Waals surface area contributed by atoms with Crippen molar-refractivity contribution in [2.45, 2.75) is 18.9 Å². The van der Waals surface area contributed by atoms with Crippen LogP contribution in [-0.4, -0.2) is 35.7 Å². The van der Waals surface area contributed by atoms with E-state index < -0.39 is 0 Å². The number of hydrogen-bond acceptors (Lipinski definition) is 4. The third-order valence-electron chi connectivity index (χ3n) is 3.20. The second kappa shape index (κ2) is 4.65. The van der Waals surface area contributed by atoms with E-state index in [1.165, 1.54) is 0 Å². The molecule has 2 heterocycles. The fourth-order valence-corrected chi connectivity index (χ4v) is 2.08. The molecule has 0 radical (unpaired) electrons. The van der Waals surface area contributed by atoms with Crippen LogP contribution in [-0.2, 0) is 7.05 Å². The molecule has 1 fully saturated rings. The molecule has 0 saturated carbocycles. The number of nitrogens with one attached hydrogen (secondary N) is 1. The van der Waals surface area contributed by atoms with E-state index in [1.54, 1.807) is 24.0 Å². The third kappa shape index (κ3) is 2.09. The molecule has 0 unspecified atom stereocenters. The van der Waals surface area contributed by atoms with Gasteiger partial charge >= 0.3 is 0 Å². The van der Waals surface area contributed by atoms with E-state index >= 15 is 0 Å². The lowest BCUT2D eigenvalue weighted by atomic mass is 10.1. The molecular weight excluding hydrogens is 204 g/mol. The average Bonchev–Trinajstić information content (AvgIpc) is 2.33. The summed E-state index contributed by atoms with van der Waals surface area (Å²) in [5.41, 5.74) is -0.00888. The number of anilines is 1. The summed E-state index contributed by atoms with van der Waals surface area (Å²) in [5, 5.41) is 3.27. The van der Waals surface area contributed by atoms with Gasteiger partial charge in [0, 0.05) is 38.6 Å². The van der Waals surface area contributed by atoms with Gasteiger partial charge in [-0.15, -0.1) is 0 Å². The van der Waals surface area contributed by atoms with Gasteiger partial charge in [0.2, 0.25) is 0 Å². The van der Waals surface area contributed by atoms with E-state index in [9.17, 15) is 4.79 Å². The Labute approximate surface area is 95.1 Å². The maximum atomic E-state index is 11.9. The molecule has 0 aliphatic carbocycles.